The standard InChI is InChI=1S/C18H24N4O/c1-2-22-13-16(12-20-22)11-19-17-10-18(23)21(14-17)9-8-15-6-4-3-5-7-15/h3-7,12-13,17,19H,2,8-11,14H2,1H3. The van der Waals surface area contributed by atoms with E-state index in [0.29, 0.717) is 6.42 Å². The topological polar surface area (TPSA) is 50.2 Å². The van der Waals surface area contributed by atoms with Crippen molar-refractivity contribution in [3.05, 3.63) is 53.9 Å². The average Bonchev–Trinajstić information content (AvgIpc) is 3.18. The molecular formula is C18H24N4O. The molecule has 3 rings (SSSR count). The van der Waals surface area contributed by atoms with Crippen molar-refractivity contribution in [3.8, 4) is 0 Å². The molecule has 0 aliphatic carbocycles. The van der Waals surface area contributed by atoms with E-state index >= 15 is 0 Å². The predicted molar refractivity (Wildman–Crippen MR) is 89.9 cm³/mol. The average molecular weight is 312 g/mol. The lowest BCUT2D eigenvalue weighted by atomic mass is 10.1. The number of hydrogen-bond acceptors (Lipinski definition) is 3. The van der Waals surface area contributed by atoms with Crippen molar-refractivity contribution in [1.82, 2.24) is 20.0 Å². The summed E-state index contributed by atoms with van der Waals surface area (Å²) >= 11 is 0. The Morgan fingerprint density at radius 3 is 2.83 bits per heavy atom. The Morgan fingerprint density at radius 2 is 2.09 bits per heavy atom. The Morgan fingerprint density at radius 1 is 1.26 bits per heavy atom. The highest BCUT2D eigenvalue weighted by Crippen LogP contribution is 2.13. The summed E-state index contributed by atoms with van der Waals surface area (Å²) in [6.07, 6.45) is 5.46. The van der Waals surface area contributed by atoms with E-state index < -0.39 is 0 Å². The zero-order valence-electron chi connectivity index (χ0n) is 13.6. The van der Waals surface area contributed by atoms with Gasteiger partial charge in [0.05, 0.1) is 6.20 Å². The van der Waals surface area contributed by atoms with Gasteiger partial charge in [-0.25, -0.2) is 0 Å². The second-order valence-electron chi connectivity index (χ2n) is 6.06. The molecule has 1 amide bonds. The Labute approximate surface area is 137 Å². The lowest BCUT2D eigenvalue weighted by Crippen LogP contribution is -2.33. The fourth-order valence-corrected chi connectivity index (χ4v) is 2.97. The van der Waals surface area contributed by atoms with Gasteiger partial charge in [-0.15, -0.1) is 0 Å². The molecule has 0 saturated carbocycles. The van der Waals surface area contributed by atoms with Crippen LogP contribution in [0.1, 0.15) is 24.5 Å². The van der Waals surface area contributed by atoms with Gasteiger partial charge < -0.3 is 10.2 Å². The van der Waals surface area contributed by atoms with Crippen molar-refractivity contribution in [1.29, 1.82) is 0 Å². The first-order valence-electron chi connectivity index (χ1n) is 8.31. The Bertz CT molecular complexity index is 637. The van der Waals surface area contributed by atoms with Crippen LogP contribution in [0, 0.1) is 0 Å². The van der Waals surface area contributed by atoms with E-state index in [2.05, 4.69) is 35.7 Å². The monoisotopic (exact) mass is 312 g/mol. The van der Waals surface area contributed by atoms with Crippen LogP contribution in [0.2, 0.25) is 0 Å². The molecule has 2 heterocycles. The number of hydrogen-bond donors (Lipinski definition) is 1. The maximum absolute atomic E-state index is 12.1. The second kappa shape index (κ2) is 7.42. The zero-order valence-corrected chi connectivity index (χ0v) is 13.6. The van der Waals surface area contributed by atoms with Gasteiger partial charge in [0, 0.05) is 50.4 Å². The smallest absolute Gasteiger partial charge is 0.224 e. The summed E-state index contributed by atoms with van der Waals surface area (Å²) in [5.41, 5.74) is 2.45. The molecule has 5 nitrogen and oxygen atoms in total. The van der Waals surface area contributed by atoms with Crippen LogP contribution >= 0.6 is 0 Å². The molecule has 1 atom stereocenters. The molecule has 122 valence electrons. The summed E-state index contributed by atoms with van der Waals surface area (Å²) in [4.78, 5) is 14.1. The molecule has 5 heteroatoms. The summed E-state index contributed by atoms with van der Waals surface area (Å²) in [6.45, 7) is 5.33. The van der Waals surface area contributed by atoms with E-state index in [0.717, 1.165) is 32.6 Å². The number of nitrogens with one attached hydrogen (secondary N) is 1. The molecule has 0 bridgehead atoms. The van der Waals surface area contributed by atoms with Gasteiger partial charge in [0.1, 0.15) is 0 Å². The normalized spacial score (nSPS) is 17.9. The third-order valence-corrected chi connectivity index (χ3v) is 4.33. The first kappa shape index (κ1) is 15.7. The number of carbonyl (C=O) groups excluding carboxylic acids is 1. The Kier molecular flexibility index (Phi) is 5.08. The number of carbonyl (C=O) groups is 1. The van der Waals surface area contributed by atoms with E-state index in [-0.39, 0.29) is 11.9 Å². The fraction of sp³-hybridized carbons (Fsp3) is 0.444. The molecule has 1 fully saturated rings. The van der Waals surface area contributed by atoms with Gasteiger partial charge in [0.25, 0.3) is 0 Å². The van der Waals surface area contributed by atoms with Crippen molar-refractivity contribution < 1.29 is 4.79 Å². The minimum absolute atomic E-state index is 0.239. The van der Waals surface area contributed by atoms with Crippen LogP contribution in [0.5, 0.6) is 0 Å². The van der Waals surface area contributed by atoms with Crippen LogP contribution in [0.4, 0.5) is 0 Å². The third kappa shape index (κ3) is 4.20. The van der Waals surface area contributed by atoms with Gasteiger partial charge in [-0.1, -0.05) is 30.3 Å². The third-order valence-electron chi connectivity index (χ3n) is 4.33. The molecule has 1 aromatic heterocycles. The first-order valence-corrected chi connectivity index (χ1v) is 8.31. The minimum atomic E-state index is 0.239. The van der Waals surface area contributed by atoms with Crippen LogP contribution in [0.15, 0.2) is 42.7 Å². The lowest BCUT2D eigenvalue weighted by molar-refractivity contribution is -0.127. The highest BCUT2D eigenvalue weighted by atomic mass is 16.2. The molecule has 1 saturated heterocycles. The molecule has 1 aromatic carbocycles. The molecule has 1 N–H and O–H groups in total. The van der Waals surface area contributed by atoms with Gasteiger partial charge in [0.2, 0.25) is 5.91 Å². The second-order valence-corrected chi connectivity index (χ2v) is 6.06. The Hall–Kier alpha value is -2.14. The predicted octanol–water partition coefficient (Wildman–Crippen LogP) is 1.84. The van der Waals surface area contributed by atoms with Gasteiger partial charge in [-0.3, -0.25) is 9.48 Å². The summed E-state index contributed by atoms with van der Waals surface area (Å²) in [7, 11) is 0. The lowest BCUT2D eigenvalue weighted by Gasteiger charge is -2.17. The largest absolute Gasteiger partial charge is 0.341 e. The quantitative estimate of drug-likeness (QED) is 0.849. The minimum Gasteiger partial charge on any atom is -0.341 e. The van der Waals surface area contributed by atoms with Gasteiger partial charge in [-0.05, 0) is 18.9 Å². The van der Waals surface area contributed by atoms with Crippen LogP contribution in [0.3, 0.4) is 0 Å². The molecule has 23 heavy (non-hydrogen) atoms. The number of amides is 1. The number of rotatable bonds is 7. The number of nitrogens with zero attached hydrogens (tertiary/aromatic N) is 3. The number of likely N-dealkylation sites (tertiary alicyclic amines) is 1. The Balaban J connectivity index is 1.45. The van der Waals surface area contributed by atoms with Crippen molar-refractivity contribution in [2.24, 2.45) is 0 Å². The van der Waals surface area contributed by atoms with Crippen LogP contribution in [-0.2, 0) is 24.3 Å². The highest BCUT2D eigenvalue weighted by Gasteiger charge is 2.28. The SMILES string of the molecule is CCn1cc(CNC2CC(=O)N(CCc3ccccc3)C2)cn1. The maximum atomic E-state index is 12.1. The highest BCUT2D eigenvalue weighted by molar-refractivity contribution is 5.79. The van der Waals surface area contributed by atoms with Gasteiger partial charge in [0.15, 0.2) is 0 Å². The van der Waals surface area contributed by atoms with Gasteiger partial charge in [-0.2, -0.15) is 5.10 Å². The number of aryl methyl sites for hydroxylation is 1. The molecule has 0 radical (unpaired) electrons. The van der Waals surface area contributed by atoms with E-state index in [1.54, 1.807) is 0 Å². The zero-order chi connectivity index (χ0) is 16.1. The van der Waals surface area contributed by atoms with Crippen molar-refractivity contribution in [2.45, 2.75) is 38.9 Å². The summed E-state index contributed by atoms with van der Waals surface area (Å²) < 4.78 is 1.92. The maximum Gasteiger partial charge on any atom is 0.224 e. The van der Waals surface area contributed by atoms with E-state index in [4.69, 9.17) is 0 Å². The molecule has 1 aliphatic heterocycles. The molecule has 1 unspecified atom stereocenters. The van der Waals surface area contributed by atoms with E-state index in [1.165, 1.54) is 11.1 Å². The number of benzene rings is 1. The van der Waals surface area contributed by atoms with Crippen molar-refractivity contribution in [2.75, 3.05) is 13.1 Å². The van der Waals surface area contributed by atoms with Crippen molar-refractivity contribution in [3.63, 3.8) is 0 Å². The van der Waals surface area contributed by atoms with Crippen LogP contribution in [0.25, 0.3) is 0 Å². The molecule has 2 aromatic rings. The number of aromatic nitrogens is 2. The fourth-order valence-electron chi connectivity index (χ4n) is 2.97. The van der Waals surface area contributed by atoms with E-state index in [1.807, 2.05) is 34.0 Å². The van der Waals surface area contributed by atoms with Crippen LogP contribution in [-0.4, -0.2) is 39.7 Å². The van der Waals surface area contributed by atoms with Crippen molar-refractivity contribution >= 4 is 5.91 Å². The molecule has 1 aliphatic rings. The van der Waals surface area contributed by atoms with Gasteiger partial charge >= 0.3 is 0 Å². The first-order chi connectivity index (χ1) is 11.2. The summed E-state index contributed by atoms with van der Waals surface area (Å²) in [6, 6.07) is 10.6. The summed E-state index contributed by atoms with van der Waals surface area (Å²) in [5.74, 6) is 0.252. The van der Waals surface area contributed by atoms with E-state index in [9.17, 15) is 4.79 Å². The molecule has 0 spiro atoms. The van der Waals surface area contributed by atoms with Crippen LogP contribution < -0.4 is 5.32 Å². The molecular weight excluding hydrogens is 288 g/mol. The summed E-state index contributed by atoms with van der Waals surface area (Å²) in [5, 5.41) is 7.75.